The number of aromatic nitrogens is 1. The second-order valence-corrected chi connectivity index (χ2v) is 5.49. The lowest BCUT2D eigenvalue weighted by molar-refractivity contribution is -0.114. The molecule has 0 unspecified atom stereocenters. The van der Waals surface area contributed by atoms with Gasteiger partial charge in [-0.25, -0.2) is 9.78 Å². The second kappa shape index (κ2) is 9.27. The van der Waals surface area contributed by atoms with E-state index in [1.54, 1.807) is 41.3 Å². The average molecular weight is 370 g/mol. The largest absolute Gasteiger partial charge is 0.415 e. The number of carbonyl (C=O) groups excluding carboxylic acids is 2. The molecule has 3 N–H and O–H groups in total. The molecule has 0 aliphatic heterocycles. The fraction of sp³-hybridized carbons (Fsp3) is 0.278. The smallest absolute Gasteiger partial charge is 0.408 e. The number of carbonyl (C=O) groups is 2. The Morgan fingerprint density at radius 2 is 1.78 bits per heavy atom. The third-order valence-corrected chi connectivity index (χ3v) is 3.54. The number of ether oxygens (including phenoxy) is 1. The number of nitrogens with one attached hydrogen (secondary N) is 1. The van der Waals surface area contributed by atoms with Crippen molar-refractivity contribution in [3.63, 3.8) is 0 Å². The molecule has 0 atom stereocenters. The summed E-state index contributed by atoms with van der Waals surface area (Å²) in [6, 6.07) is 9.91. The Balaban J connectivity index is 2.28. The summed E-state index contributed by atoms with van der Waals surface area (Å²) in [4.78, 5) is 29.1. The highest BCUT2D eigenvalue weighted by Gasteiger charge is 2.14. The fourth-order valence-electron chi connectivity index (χ4n) is 2.18. The van der Waals surface area contributed by atoms with Crippen molar-refractivity contribution in [3.8, 4) is 5.75 Å². The van der Waals surface area contributed by atoms with Gasteiger partial charge in [-0.3, -0.25) is 4.79 Å². The Morgan fingerprint density at radius 1 is 1.11 bits per heavy atom. The van der Waals surface area contributed by atoms with Gasteiger partial charge in [-0.2, -0.15) is 0 Å². The highest BCUT2D eigenvalue weighted by Crippen LogP contribution is 2.31. The number of hydrogen-bond acceptors (Lipinski definition) is 7. The molecule has 1 aromatic carbocycles. The Morgan fingerprint density at radius 3 is 2.44 bits per heavy atom. The Kier molecular flexibility index (Phi) is 6.81. The zero-order chi connectivity index (χ0) is 19.8. The van der Waals surface area contributed by atoms with Crippen molar-refractivity contribution in [2.24, 2.45) is 10.2 Å². The monoisotopic (exact) mass is 370 g/mol. The summed E-state index contributed by atoms with van der Waals surface area (Å²) in [6.07, 6.45) is -0.462. The number of anilines is 2. The van der Waals surface area contributed by atoms with E-state index in [1.807, 2.05) is 13.8 Å². The van der Waals surface area contributed by atoms with Crippen LogP contribution in [-0.4, -0.2) is 35.0 Å². The van der Waals surface area contributed by atoms with Crippen LogP contribution in [0, 0.1) is 0 Å². The minimum absolute atomic E-state index is 0.198. The molecule has 0 spiro atoms. The highest BCUT2D eigenvalue weighted by molar-refractivity contribution is 5.90. The first-order valence-electron chi connectivity index (χ1n) is 8.46. The molecule has 2 aromatic rings. The molecule has 0 saturated carbocycles. The third kappa shape index (κ3) is 5.50. The van der Waals surface area contributed by atoms with Gasteiger partial charge in [0, 0.05) is 20.0 Å². The Labute approximate surface area is 157 Å². The van der Waals surface area contributed by atoms with Gasteiger partial charge in [0.15, 0.2) is 11.6 Å². The molecule has 0 radical (unpaired) electrons. The summed E-state index contributed by atoms with van der Waals surface area (Å²) in [5.41, 5.74) is 6.34. The van der Waals surface area contributed by atoms with Gasteiger partial charge >= 0.3 is 6.09 Å². The van der Waals surface area contributed by atoms with E-state index in [0.29, 0.717) is 24.5 Å². The lowest BCUT2D eigenvalue weighted by Crippen LogP contribution is -2.33. The number of benzene rings is 1. The van der Waals surface area contributed by atoms with Gasteiger partial charge in [0.1, 0.15) is 17.2 Å². The molecular weight excluding hydrogens is 348 g/mol. The number of nitrogens with two attached hydrogens (primary N) is 1. The van der Waals surface area contributed by atoms with Crippen LogP contribution in [0.1, 0.15) is 20.8 Å². The van der Waals surface area contributed by atoms with Gasteiger partial charge in [0.25, 0.3) is 0 Å². The van der Waals surface area contributed by atoms with Crippen molar-refractivity contribution in [1.82, 2.24) is 9.88 Å². The molecule has 2 rings (SSSR count). The van der Waals surface area contributed by atoms with Gasteiger partial charge in [-0.1, -0.05) is 12.1 Å². The number of nitrogens with zero attached hydrogens (tertiary/aromatic N) is 4. The number of azo groups is 1. The molecule has 0 bridgehead atoms. The van der Waals surface area contributed by atoms with E-state index in [2.05, 4.69) is 20.5 Å². The van der Waals surface area contributed by atoms with E-state index >= 15 is 0 Å². The van der Waals surface area contributed by atoms with Crippen molar-refractivity contribution in [1.29, 1.82) is 0 Å². The maximum Gasteiger partial charge on any atom is 0.415 e. The van der Waals surface area contributed by atoms with Crippen LogP contribution in [0.15, 0.2) is 46.6 Å². The summed E-state index contributed by atoms with van der Waals surface area (Å²) in [5.74, 6) is 0.413. The van der Waals surface area contributed by atoms with Crippen LogP contribution in [0.4, 0.5) is 27.8 Å². The standard InChI is InChI=1S/C18H22N6O3/c1-4-24(5-2)18(26)27-15-9-7-6-8-13(15)22-23-14-10-11-16(19)21-17(14)20-12(3)25/h6-11H,4-5H2,1-3H3,(H3,19,20,21,25)/b23-22+. The first-order chi connectivity index (χ1) is 12.9. The van der Waals surface area contributed by atoms with Gasteiger partial charge < -0.3 is 20.7 Å². The van der Waals surface area contributed by atoms with Crippen LogP contribution < -0.4 is 15.8 Å². The molecule has 1 heterocycles. The molecule has 2 amide bonds. The molecule has 142 valence electrons. The van der Waals surface area contributed by atoms with Crippen LogP contribution in [-0.2, 0) is 4.79 Å². The molecule has 1 aromatic heterocycles. The summed E-state index contributed by atoms with van der Waals surface area (Å²) in [5, 5.41) is 10.8. The minimum Gasteiger partial charge on any atom is -0.408 e. The van der Waals surface area contributed by atoms with Crippen molar-refractivity contribution >= 4 is 35.0 Å². The number of amides is 2. The van der Waals surface area contributed by atoms with E-state index in [-0.39, 0.29) is 23.3 Å². The first-order valence-corrected chi connectivity index (χ1v) is 8.46. The Hall–Kier alpha value is -3.49. The zero-order valence-electron chi connectivity index (χ0n) is 15.5. The quantitative estimate of drug-likeness (QED) is 0.747. The molecule has 0 fully saturated rings. The second-order valence-electron chi connectivity index (χ2n) is 5.49. The van der Waals surface area contributed by atoms with Crippen LogP contribution in [0.2, 0.25) is 0 Å². The van der Waals surface area contributed by atoms with Gasteiger partial charge in [0.2, 0.25) is 5.91 Å². The molecule has 9 heteroatoms. The summed E-state index contributed by atoms with van der Waals surface area (Å²) in [6.45, 7) is 6.17. The average Bonchev–Trinajstić information content (AvgIpc) is 2.62. The number of rotatable bonds is 6. The van der Waals surface area contributed by atoms with Crippen LogP contribution in [0.3, 0.4) is 0 Å². The van der Waals surface area contributed by atoms with Gasteiger partial charge in [-0.05, 0) is 38.1 Å². The van der Waals surface area contributed by atoms with Crippen LogP contribution >= 0.6 is 0 Å². The summed E-state index contributed by atoms with van der Waals surface area (Å²) < 4.78 is 5.42. The molecule has 0 aliphatic carbocycles. The highest BCUT2D eigenvalue weighted by atomic mass is 16.6. The molecule has 9 nitrogen and oxygen atoms in total. The molecule has 27 heavy (non-hydrogen) atoms. The predicted molar refractivity (Wildman–Crippen MR) is 103 cm³/mol. The zero-order valence-corrected chi connectivity index (χ0v) is 15.5. The van der Waals surface area contributed by atoms with E-state index in [9.17, 15) is 9.59 Å². The SMILES string of the molecule is CCN(CC)C(=O)Oc1ccccc1/N=N/c1ccc(N)nc1NC(C)=O. The number of para-hydroxylation sites is 1. The van der Waals surface area contributed by atoms with Crippen LogP contribution in [0.25, 0.3) is 0 Å². The predicted octanol–water partition coefficient (Wildman–Crippen LogP) is 3.88. The number of pyridine rings is 1. The fourth-order valence-corrected chi connectivity index (χ4v) is 2.18. The number of hydrogen-bond donors (Lipinski definition) is 2. The number of nitrogen functional groups attached to an aromatic ring is 1. The van der Waals surface area contributed by atoms with Crippen LogP contribution in [0.5, 0.6) is 5.75 Å². The lowest BCUT2D eigenvalue weighted by Gasteiger charge is -2.18. The molecule has 0 saturated heterocycles. The van der Waals surface area contributed by atoms with Gasteiger partial charge in [0.05, 0.1) is 0 Å². The van der Waals surface area contributed by atoms with Crippen molar-refractivity contribution in [3.05, 3.63) is 36.4 Å². The molecule has 0 aliphatic rings. The van der Waals surface area contributed by atoms with E-state index in [4.69, 9.17) is 10.5 Å². The maximum atomic E-state index is 12.2. The lowest BCUT2D eigenvalue weighted by atomic mass is 10.3. The van der Waals surface area contributed by atoms with E-state index in [1.165, 1.54) is 6.92 Å². The normalized spacial score (nSPS) is 10.6. The van der Waals surface area contributed by atoms with Gasteiger partial charge in [-0.15, -0.1) is 10.2 Å². The Bertz CT molecular complexity index is 849. The molecular formula is C18H22N6O3. The summed E-state index contributed by atoms with van der Waals surface area (Å²) in [7, 11) is 0. The van der Waals surface area contributed by atoms with E-state index < -0.39 is 6.09 Å². The van der Waals surface area contributed by atoms with Crippen molar-refractivity contribution in [2.45, 2.75) is 20.8 Å². The van der Waals surface area contributed by atoms with Crippen molar-refractivity contribution < 1.29 is 14.3 Å². The van der Waals surface area contributed by atoms with E-state index in [0.717, 1.165) is 0 Å². The van der Waals surface area contributed by atoms with Crippen molar-refractivity contribution in [2.75, 3.05) is 24.1 Å². The minimum atomic E-state index is -0.462. The first kappa shape index (κ1) is 19.8. The maximum absolute atomic E-state index is 12.2. The third-order valence-electron chi connectivity index (χ3n) is 3.54. The summed E-state index contributed by atoms with van der Waals surface area (Å²) >= 11 is 0. The topological polar surface area (TPSA) is 122 Å².